The molecule has 17 heavy (non-hydrogen) atoms. The third-order valence-electron chi connectivity index (χ3n) is 3.99. The van der Waals surface area contributed by atoms with Crippen LogP contribution in [0.25, 0.3) is 0 Å². The monoisotopic (exact) mass is 241 g/mol. The zero-order valence-electron chi connectivity index (χ0n) is 10.4. The number of nitrogens with zero attached hydrogens (tertiary/aromatic N) is 1. The van der Waals surface area contributed by atoms with Crippen LogP contribution in [-0.4, -0.2) is 48.3 Å². The zero-order chi connectivity index (χ0) is 12.1. The fourth-order valence-corrected chi connectivity index (χ4v) is 2.96. The highest BCUT2D eigenvalue weighted by atomic mass is 16.5. The van der Waals surface area contributed by atoms with E-state index in [1.54, 1.807) is 0 Å². The van der Waals surface area contributed by atoms with E-state index in [2.05, 4.69) is 4.90 Å². The first-order valence-electron chi connectivity index (χ1n) is 6.82. The number of carboxylic acid groups (broad SMARTS) is 1. The van der Waals surface area contributed by atoms with E-state index >= 15 is 0 Å². The van der Waals surface area contributed by atoms with Gasteiger partial charge in [-0.2, -0.15) is 0 Å². The van der Waals surface area contributed by atoms with Crippen LogP contribution in [-0.2, 0) is 9.53 Å². The van der Waals surface area contributed by atoms with Crippen molar-refractivity contribution in [2.24, 2.45) is 5.92 Å². The first kappa shape index (κ1) is 12.8. The van der Waals surface area contributed by atoms with Gasteiger partial charge in [-0.25, -0.2) is 0 Å². The third kappa shape index (κ3) is 3.68. The molecule has 0 aromatic heterocycles. The molecule has 0 radical (unpaired) electrons. The summed E-state index contributed by atoms with van der Waals surface area (Å²) >= 11 is 0. The van der Waals surface area contributed by atoms with E-state index in [1.165, 1.54) is 38.5 Å². The van der Waals surface area contributed by atoms with E-state index < -0.39 is 12.0 Å². The highest BCUT2D eigenvalue weighted by Gasteiger charge is 2.30. The van der Waals surface area contributed by atoms with Crippen LogP contribution in [0.2, 0.25) is 0 Å². The van der Waals surface area contributed by atoms with Crippen LogP contribution >= 0.6 is 0 Å². The van der Waals surface area contributed by atoms with Crippen molar-refractivity contribution in [3.8, 4) is 0 Å². The highest BCUT2D eigenvalue weighted by Crippen LogP contribution is 2.24. The maximum absolute atomic E-state index is 11.2. The average molecular weight is 241 g/mol. The van der Waals surface area contributed by atoms with Crippen LogP contribution < -0.4 is 0 Å². The maximum atomic E-state index is 11.2. The number of carboxylic acids is 1. The number of hydrogen-bond donors (Lipinski definition) is 1. The lowest BCUT2D eigenvalue weighted by atomic mass is 9.98. The molecule has 1 heterocycles. The van der Waals surface area contributed by atoms with Gasteiger partial charge >= 0.3 is 5.97 Å². The Balaban J connectivity index is 1.88. The Labute approximate surface area is 103 Å². The molecule has 1 aliphatic heterocycles. The molecule has 0 aromatic rings. The first-order chi connectivity index (χ1) is 8.27. The lowest BCUT2D eigenvalue weighted by molar-refractivity contribution is -0.150. The van der Waals surface area contributed by atoms with Crippen LogP contribution in [0, 0.1) is 5.92 Å². The summed E-state index contributed by atoms with van der Waals surface area (Å²) in [5, 5.41) is 9.17. The van der Waals surface area contributed by atoms with Gasteiger partial charge in [-0.1, -0.05) is 25.7 Å². The standard InChI is InChI=1S/C13H23NO3/c15-13(16)12-10-17-8-7-14(12)9-11-5-3-1-2-4-6-11/h11-12H,1-10H2,(H,15,16). The molecule has 4 nitrogen and oxygen atoms in total. The number of aliphatic carboxylic acids is 1. The number of morpholine rings is 1. The maximum Gasteiger partial charge on any atom is 0.323 e. The summed E-state index contributed by atoms with van der Waals surface area (Å²) in [7, 11) is 0. The smallest absolute Gasteiger partial charge is 0.323 e. The normalized spacial score (nSPS) is 28.8. The van der Waals surface area contributed by atoms with Crippen LogP contribution in [0.15, 0.2) is 0 Å². The van der Waals surface area contributed by atoms with E-state index in [1.807, 2.05) is 0 Å². The van der Waals surface area contributed by atoms with Crippen molar-refractivity contribution in [3.05, 3.63) is 0 Å². The predicted octanol–water partition coefficient (Wildman–Crippen LogP) is 1.74. The van der Waals surface area contributed by atoms with Gasteiger partial charge in [-0.3, -0.25) is 9.69 Å². The van der Waals surface area contributed by atoms with Crippen molar-refractivity contribution >= 4 is 5.97 Å². The SMILES string of the molecule is O=C(O)C1COCCN1CC1CCCCCC1. The van der Waals surface area contributed by atoms with E-state index in [9.17, 15) is 9.90 Å². The summed E-state index contributed by atoms with van der Waals surface area (Å²) in [6, 6.07) is -0.424. The van der Waals surface area contributed by atoms with Gasteiger partial charge in [0.05, 0.1) is 13.2 Å². The van der Waals surface area contributed by atoms with Gasteiger partial charge in [0.2, 0.25) is 0 Å². The molecule has 0 aromatic carbocycles. The van der Waals surface area contributed by atoms with Crippen LogP contribution in [0.5, 0.6) is 0 Å². The van der Waals surface area contributed by atoms with E-state index in [0.29, 0.717) is 19.1 Å². The largest absolute Gasteiger partial charge is 0.480 e. The van der Waals surface area contributed by atoms with Crippen molar-refractivity contribution < 1.29 is 14.6 Å². The summed E-state index contributed by atoms with van der Waals surface area (Å²) in [6.07, 6.45) is 7.86. The van der Waals surface area contributed by atoms with E-state index in [4.69, 9.17) is 4.74 Å². The minimum atomic E-state index is -0.738. The van der Waals surface area contributed by atoms with Crippen LogP contribution in [0.3, 0.4) is 0 Å². The van der Waals surface area contributed by atoms with Crippen LogP contribution in [0.1, 0.15) is 38.5 Å². The van der Waals surface area contributed by atoms with Crippen molar-refractivity contribution in [1.82, 2.24) is 4.90 Å². The fourth-order valence-electron chi connectivity index (χ4n) is 2.96. The zero-order valence-corrected chi connectivity index (χ0v) is 10.4. The molecule has 1 N–H and O–H groups in total. The number of carbonyl (C=O) groups is 1. The Bertz CT molecular complexity index is 249. The summed E-state index contributed by atoms with van der Waals surface area (Å²) in [4.78, 5) is 13.3. The molecule has 2 aliphatic rings. The number of hydrogen-bond acceptors (Lipinski definition) is 3. The second-order valence-electron chi connectivity index (χ2n) is 5.28. The minimum Gasteiger partial charge on any atom is -0.480 e. The summed E-state index contributed by atoms with van der Waals surface area (Å²) in [5.74, 6) is -0.0456. The molecule has 1 unspecified atom stereocenters. The number of rotatable bonds is 3. The van der Waals surface area contributed by atoms with Gasteiger partial charge in [-0.05, 0) is 18.8 Å². The average Bonchev–Trinajstić information content (AvgIpc) is 2.58. The van der Waals surface area contributed by atoms with E-state index in [0.717, 1.165) is 13.1 Å². The minimum absolute atomic E-state index is 0.349. The van der Waals surface area contributed by atoms with Crippen molar-refractivity contribution in [2.75, 3.05) is 26.3 Å². The Morgan fingerprint density at radius 2 is 1.94 bits per heavy atom. The molecule has 0 bridgehead atoms. The molecule has 2 fully saturated rings. The quantitative estimate of drug-likeness (QED) is 0.765. The van der Waals surface area contributed by atoms with Gasteiger partial charge in [0.1, 0.15) is 6.04 Å². The van der Waals surface area contributed by atoms with Crippen LogP contribution in [0.4, 0.5) is 0 Å². The Morgan fingerprint density at radius 3 is 2.59 bits per heavy atom. The molecule has 1 saturated carbocycles. The molecular formula is C13H23NO3. The van der Waals surface area contributed by atoms with Gasteiger partial charge in [0, 0.05) is 13.1 Å². The van der Waals surface area contributed by atoms with Gasteiger partial charge in [0.15, 0.2) is 0 Å². The molecular weight excluding hydrogens is 218 g/mol. The van der Waals surface area contributed by atoms with Crippen molar-refractivity contribution in [2.45, 2.75) is 44.6 Å². The molecule has 0 spiro atoms. The summed E-state index contributed by atoms with van der Waals surface area (Å²) < 4.78 is 5.26. The Kier molecular flexibility index (Phi) is 4.80. The van der Waals surface area contributed by atoms with Gasteiger partial charge in [0.25, 0.3) is 0 Å². The van der Waals surface area contributed by atoms with Gasteiger partial charge in [-0.15, -0.1) is 0 Å². The summed E-state index contributed by atoms with van der Waals surface area (Å²) in [6.45, 7) is 2.74. The Morgan fingerprint density at radius 1 is 1.24 bits per heavy atom. The fraction of sp³-hybridized carbons (Fsp3) is 0.923. The predicted molar refractivity (Wildman–Crippen MR) is 65.0 cm³/mol. The lowest BCUT2D eigenvalue weighted by Gasteiger charge is -2.35. The number of ether oxygens (including phenoxy) is 1. The third-order valence-corrected chi connectivity index (χ3v) is 3.99. The molecule has 1 saturated heterocycles. The lowest BCUT2D eigenvalue weighted by Crippen LogP contribution is -2.51. The molecule has 2 rings (SSSR count). The second-order valence-corrected chi connectivity index (χ2v) is 5.28. The molecule has 1 atom stereocenters. The topological polar surface area (TPSA) is 49.8 Å². The molecule has 4 heteroatoms. The van der Waals surface area contributed by atoms with Gasteiger partial charge < -0.3 is 9.84 Å². The first-order valence-corrected chi connectivity index (χ1v) is 6.82. The molecule has 1 aliphatic carbocycles. The molecule has 0 amide bonds. The summed E-state index contributed by atoms with van der Waals surface area (Å²) in [5.41, 5.74) is 0. The highest BCUT2D eigenvalue weighted by molar-refractivity contribution is 5.73. The van der Waals surface area contributed by atoms with Crippen molar-refractivity contribution in [1.29, 1.82) is 0 Å². The molecule has 98 valence electrons. The van der Waals surface area contributed by atoms with Crippen molar-refractivity contribution in [3.63, 3.8) is 0 Å². The second kappa shape index (κ2) is 6.36. The Hall–Kier alpha value is -0.610. The van der Waals surface area contributed by atoms with E-state index in [-0.39, 0.29) is 0 Å².